The van der Waals surface area contributed by atoms with Gasteiger partial charge in [0, 0.05) is 12.6 Å². The first kappa shape index (κ1) is 14.9. The molecule has 1 aliphatic carbocycles. The quantitative estimate of drug-likeness (QED) is 0.928. The molecule has 3 rings (SSSR count). The number of benzene rings is 1. The molecule has 1 aromatic carbocycles. The standard InChI is InChI=1S/C17H21N3O2/c18-10-13-3-6-16-15(9-13)20(17(21)11-22-16)8-7-12-1-4-14(19)5-2-12/h3,6,9,12,14H,1-2,4-5,7-8,11,19H2/t12-,14-. The molecule has 0 saturated heterocycles. The lowest BCUT2D eigenvalue weighted by Gasteiger charge is -2.32. The van der Waals surface area contributed by atoms with E-state index in [4.69, 9.17) is 15.7 Å². The van der Waals surface area contributed by atoms with E-state index in [1.54, 1.807) is 23.1 Å². The lowest BCUT2D eigenvalue weighted by Crippen LogP contribution is -2.40. The van der Waals surface area contributed by atoms with Gasteiger partial charge in [-0.05, 0) is 56.2 Å². The van der Waals surface area contributed by atoms with Crippen LogP contribution in [0.5, 0.6) is 5.75 Å². The van der Waals surface area contributed by atoms with Crippen molar-refractivity contribution in [1.29, 1.82) is 5.26 Å². The molecule has 2 aliphatic rings. The maximum Gasteiger partial charge on any atom is 0.265 e. The summed E-state index contributed by atoms with van der Waals surface area (Å²) in [5.74, 6) is 1.29. The van der Waals surface area contributed by atoms with Gasteiger partial charge in [0.15, 0.2) is 6.61 Å². The number of carbonyl (C=O) groups is 1. The van der Waals surface area contributed by atoms with Gasteiger partial charge < -0.3 is 15.4 Å². The van der Waals surface area contributed by atoms with Crippen LogP contribution in [0.1, 0.15) is 37.7 Å². The number of nitriles is 1. The van der Waals surface area contributed by atoms with Gasteiger partial charge in [0.1, 0.15) is 5.75 Å². The Morgan fingerprint density at radius 2 is 2.09 bits per heavy atom. The molecule has 0 atom stereocenters. The van der Waals surface area contributed by atoms with Crippen molar-refractivity contribution in [3.63, 3.8) is 0 Å². The number of hydrogen-bond acceptors (Lipinski definition) is 4. The Labute approximate surface area is 130 Å². The summed E-state index contributed by atoms with van der Waals surface area (Å²) in [6.45, 7) is 0.762. The first-order valence-corrected chi connectivity index (χ1v) is 7.90. The topological polar surface area (TPSA) is 79.4 Å². The fourth-order valence-corrected chi connectivity index (χ4v) is 3.31. The lowest BCUT2D eigenvalue weighted by molar-refractivity contribution is -0.121. The third kappa shape index (κ3) is 3.07. The number of anilines is 1. The zero-order chi connectivity index (χ0) is 15.5. The Balaban J connectivity index is 1.71. The van der Waals surface area contributed by atoms with Crippen molar-refractivity contribution in [2.24, 2.45) is 11.7 Å². The van der Waals surface area contributed by atoms with Crippen LogP contribution >= 0.6 is 0 Å². The number of amides is 1. The molecule has 5 nitrogen and oxygen atoms in total. The van der Waals surface area contributed by atoms with Gasteiger partial charge in [0.2, 0.25) is 0 Å². The van der Waals surface area contributed by atoms with E-state index in [9.17, 15) is 4.79 Å². The molecule has 0 bridgehead atoms. The second-order valence-electron chi connectivity index (χ2n) is 6.20. The fraction of sp³-hybridized carbons (Fsp3) is 0.529. The fourth-order valence-electron chi connectivity index (χ4n) is 3.31. The number of ether oxygens (including phenoxy) is 1. The van der Waals surface area contributed by atoms with Crippen molar-refractivity contribution in [1.82, 2.24) is 0 Å². The van der Waals surface area contributed by atoms with Crippen molar-refractivity contribution < 1.29 is 9.53 Å². The predicted octanol–water partition coefficient (Wildman–Crippen LogP) is 2.19. The van der Waals surface area contributed by atoms with Crippen molar-refractivity contribution in [2.45, 2.75) is 38.1 Å². The highest BCUT2D eigenvalue weighted by atomic mass is 16.5. The van der Waals surface area contributed by atoms with E-state index in [-0.39, 0.29) is 12.5 Å². The summed E-state index contributed by atoms with van der Waals surface area (Å²) in [4.78, 5) is 14.0. The Hall–Kier alpha value is -2.06. The van der Waals surface area contributed by atoms with Crippen molar-refractivity contribution >= 4 is 11.6 Å². The van der Waals surface area contributed by atoms with Gasteiger partial charge in [-0.2, -0.15) is 5.26 Å². The first-order chi connectivity index (χ1) is 10.7. The summed E-state index contributed by atoms with van der Waals surface area (Å²) >= 11 is 0. The van der Waals surface area contributed by atoms with Gasteiger partial charge in [-0.3, -0.25) is 4.79 Å². The highest BCUT2D eigenvalue weighted by molar-refractivity contribution is 5.98. The van der Waals surface area contributed by atoms with Crippen LogP contribution in [0.25, 0.3) is 0 Å². The summed E-state index contributed by atoms with van der Waals surface area (Å²) in [5.41, 5.74) is 7.21. The molecule has 22 heavy (non-hydrogen) atoms. The molecular weight excluding hydrogens is 278 g/mol. The summed E-state index contributed by atoms with van der Waals surface area (Å²) in [7, 11) is 0. The summed E-state index contributed by atoms with van der Waals surface area (Å²) in [6.07, 6.45) is 5.43. The third-order valence-electron chi connectivity index (χ3n) is 4.68. The Morgan fingerprint density at radius 1 is 1.32 bits per heavy atom. The average molecular weight is 299 g/mol. The van der Waals surface area contributed by atoms with Crippen molar-refractivity contribution in [2.75, 3.05) is 18.1 Å². The highest BCUT2D eigenvalue weighted by Crippen LogP contribution is 2.34. The number of nitrogens with zero attached hydrogens (tertiary/aromatic N) is 2. The molecule has 116 valence electrons. The van der Waals surface area contributed by atoms with Crippen LogP contribution in [-0.2, 0) is 4.79 Å². The minimum Gasteiger partial charge on any atom is -0.482 e. The lowest BCUT2D eigenvalue weighted by atomic mass is 9.84. The normalized spacial score (nSPS) is 24.4. The maximum absolute atomic E-state index is 12.2. The van der Waals surface area contributed by atoms with Crippen LogP contribution in [0.3, 0.4) is 0 Å². The van der Waals surface area contributed by atoms with Gasteiger partial charge >= 0.3 is 0 Å². The minimum absolute atomic E-state index is 0.0323. The minimum atomic E-state index is -0.0323. The molecule has 1 fully saturated rings. The van der Waals surface area contributed by atoms with E-state index >= 15 is 0 Å². The van der Waals surface area contributed by atoms with E-state index < -0.39 is 0 Å². The highest BCUT2D eigenvalue weighted by Gasteiger charge is 2.27. The zero-order valence-corrected chi connectivity index (χ0v) is 12.6. The van der Waals surface area contributed by atoms with Crippen LogP contribution in [-0.4, -0.2) is 25.1 Å². The molecule has 0 radical (unpaired) electrons. The molecule has 5 heteroatoms. The Bertz CT molecular complexity index is 600. The van der Waals surface area contributed by atoms with Crippen LogP contribution in [0.2, 0.25) is 0 Å². The van der Waals surface area contributed by atoms with Gasteiger partial charge in [0.05, 0.1) is 17.3 Å². The van der Waals surface area contributed by atoms with Crippen LogP contribution in [0.4, 0.5) is 5.69 Å². The SMILES string of the molecule is N#Cc1ccc2c(c1)N(CC[C@H]1CC[C@H](N)CC1)C(=O)CO2. The Kier molecular flexibility index (Phi) is 4.30. The van der Waals surface area contributed by atoms with E-state index in [1.807, 2.05) is 0 Å². The molecule has 0 spiro atoms. The molecular formula is C17H21N3O2. The average Bonchev–Trinajstić information content (AvgIpc) is 2.55. The molecule has 0 aromatic heterocycles. The molecule has 2 N–H and O–H groups in total. The molecule has 1 saturated carbocycles. The van der Waals surface area contributed by atoms with Gasteiger partial charge in [-0.25, -0.2) is 0 Å². The number of fused-ring (bicyclic) bond motifs is 1. The summed E-state index contributed by atoms with van der Waals surface area (Å²) in [5, 5.41) is 9.04. The third-order valence-corrected chi connectivity index (χ3v) is 4.68. The molecule has 1 aromatic rings. The Morgan fingerprint density at radius 3 is 2.82 bits per heavy atom. The van der Waals surface area contributed by atoms with Crippen molar-refractivity contribution in [3.05, 3.63) is 23.8 Å². The van der Waals surface area contributed by atoms with Gasteiger partial charge in [-0.1, -0.05) is 0 Å². The second kappa shape index (κ2) is 6.37. The summed E-state index contributed by atoms with van der Waals surface area (Å²) < 4.78 is 5.45. The predicted molar refractivity (Wildman–Crippen MR) is 83.6 cm³/mol. The van der Waals surface area contributed by atoms with E-state index in [0.717, 1.165) is 37.8 Å². The van der Waals surface area contributed by atoms with Crippen LogP contribution in [0.15, 0.2) is 18.2 Å². The van der Waals surface area contributed by atoms with Gasteiger partial charge in [0.25, 0.3) is 5.91 Å². The maximum atomic E-state index is 12.2. The number of nitrogens with two attached hydrogens (primary N) is 1. The number of hydrogen-bond donors (Lipinski definition) is 1. The second-order valence-corrected chi connectivity index (χ2v) is 6.20. The zero-order valence-electron chi connectivity index (χ0n) is 12.6. The monoisotopic (exact) mass is 299 g/mol. The number of carbonyl (C=O) groups excluding carboxylic acids is 1. The van der Waals surface area contributed by atoms with Gasteiger partial charge in [-0.15, -0.1) is 0 Å². The smallest absolute Gasteiger partial charge is 0.265 e. The number of rotatable bonds is 3. The van der Waals surface area contributed by atoms with E-state index in [2.05, 4.69) is 6.07 Å². The van der Waals surface area contributed by atoms with Crippen molar-refractivity contribution in [3.8, 4) is 11.8 Å². The van der Waals surface area contributed by atoms with Crippen LogP contribution < -0.4 is 15.4 Å². The first-order valence-electron chi connectivity index (χ1n) is 7.90. The van der Waals surface area contributed by atoms with E-state index in [1.165, 1.54) is 0 Å². The molecule has 0 unspecified atom stereocenters. The van der Waals surface area contributed by atoms with E-state index in [0.29, 0.717) is 29.8 Å². The summed E-state index contributed by atoms with van der Waals surface area (Å²) in [6, 6.07) is 7.69. The molecule has 1 amide bonds. The largest absolute Gasteiger partial charge is 0.482 e. The van der Waals surface area contributed by atoms with Crippen LogP contribution in [0, 0.1) is 17.2 Å². The molecule has 1 heterocycles. The molecule has 1 aliphatic heterocycles.